The highest BCUT2D eigenvalue weighted by Gasteiger charge is 2.24. The van der Waals surface area contributed by atoms with Gasteiger partial charge in [0.1, 0.15) is 0 Å². The van der Waals surface area contributed by atoms with Crippen molar-refractivity contribution in [2.24, 2.45) is 0 Å². The summed E-state index contributed by atoms with van der Waals surface area (Å²) in [5.41, 5.74) is 1.00. The molecule has 0 atom stereocenters. The highest BCUT2D eigenvalue weighted by Crippen LogP contribution is 2.18. The van der Waals surface area contributed by atoms with Gasteiger partial charge in [0.25, 0.3) is 11.6 Å². The van der Waals surface area contributed by atoms with Crippen LogP contribution in [0, 0.1) is 10.1 Å². The van der Waals surface area contributed by atoms with Crippen molar-refractivity contribution in [3.8, 4) is 0 Å². The summed E-state index contributed by atoms with van der Waals surface area (Å²) in [7, 11) is 0. The van der Waals surface area contributed by atoms with Crippen LogP contribution in [-0.2, 0) is 6.54 Å². The van der Waals surface area contributed by atoms with Crippen LogP contribution in [0.3, 0.4) is 0 Å². The minimum atomic E-state index is -0.387. The first kappa shape index (κ1) is 16.7. The van der Waals surface area contributed by atoms with E-state index in [4.69, 9.17) is 4.42 Å². The van der Waals surface area contributed by atoms with Crippen molar-refractivity contribution in [2.45, 2.75) is 6.54 Å². The molecule has 8 heteroatoms. The van der Waals surface area contributed by atoms with Crippen LogP contribution in [0.1, 0.15) is 16.1 Å². The zero-order valence-electron chi connectivity index (χ0n) is 12.9. The number of amides is 1. The van der Waals surface area contributed by atoms with Crippen molar-refractivity contribution in [3.63, 3.8) is 0 Å². The van der Waals surface area contributed by atoms with Crippen molar-refractivity contribution >= 4 is 27.5 Å². The molecule has 126 valence electrons. The van der Waals surface area contributed by atoms with Crippen LogP contribution in [-0.4, -0.2) is 46.8 Å². The molecule has 0 unspecified atom stereocenters. The maximum Gasteiger partial charge on any atom is 0.289 e. The second kappa shape index (κ2) is 7.14. The third-order valence-corrected chi connectivity index (χ3v) is 4.40. The summed E-state index contributed by atoms with van der Waals surface area (Å²) < 4.78 is 5.84. The van der Waals surface area contributed by atoms with Crippen LogP contribution in [0.15, 0.2) is 45.5 Å². The van der Waals surface area contributed by atoms with Gasteiger partial charge in [0, 0.05) is 44.9 Å². The van der Waals surface area contributed by atoms with E-state index in [1.807, 2.05) is 6.07 Å². The van der Waals surface area contributed by atoms with E-state index in [0.717, 1.165) is 18.7 Å². The van der Waals surface area contributed by atoms with Crippen molar-refractivity contribution in [1.29, 1.82) is 0 Å². The molecule has 0 bridgehead atoms. The molecule has 1 amide bonds. The molecule has 24 heavy (non-hydrogen) atoms. The van der Waals surface area contributed by atoms with Gasteiger partial charge in [-0.1, -0.05) is 12.1 Å². The Morgan fingerprint density at radius 1 is 1.21 bits per heavy atom. The minimum absolute atomic E-state index is 0.102. The Morgan fingerprint density at radius 2 is 1.96 bits per heavy atom. The molecule has 1 saturated heterocycles. The van der Waals surface area contributed by atoms with Gasteiger partial charge in [-0.3, -0.25) is 19.8 Å². The first-order valence-corrected chi connectivity index (χ1v) is 8.32. The summed E-state index contributed by atoms with van der Waals surface area (Å²) in [6, 6.07) is 10.0. The number of non-ortho nitro benzene ring substituents is 1. The van der Waals surface area contributed by atoms with Gasteiger partial charge in [-0.15, -0.1) is 0 Å². The number of nitro groups is 1. The molecule has 1 fully saturated rings. The summed E-state index contributed by atoms with van der Waals surface area (Å²) in [5.74, 6) is 0.213. The van der Waals surface area contributed by atoms with Crippen LogP contribution in [0.5, 0.6) is 0 Å². The topological polar surface area (TPSA) is 79.8 Å². The Labute approximate surface area is 147 Å². The molecule has 2 aromatic rings. The normalized spacial score (nSPS) is 15.5. The predicted molar refractivity (Wildman–Crippen MR) is 90.7 cm³/mol. The molecule has 0 radical (unpaired) electrons. The van der Waals surface area contributed by atoms with Crippen molar-refractivity contribution < 1.29 is 14.1 Å². The number of furan rings is 1. The van der Waals surface area contributed by atoms with E-state index in [1.165, 1.54) is 6.07 Å². The Morgan fingerprint density at radius 3 is 2.58 bits per heavy atom. The van der Waals surface area contributed by atoms with E-state index >= 15 is 0 Å². The van der Waals surface area contributed by atoms with E-state index < -0.39 is 0 Å². The summed E-state index contributed by atoms with van der Waals surface area (Å²) >= 11 is 3.19. The van der Waals surface area contributed by atoms with Crippen molar-refractivity contribution in [1.82, 2.24) is 9.80 Å². The fourth-order valence-electron chi connectivity index (χ4n) is 2.72. The Kier molecular flexibility index (Phi) is 4.96. The summed E-state index contributed by atoms with van der Waals surface area (Å²) in [6.45, 7) is 3.28. The average molecular weight is 394 g/mol. The molecule has 0 saturated carbocycles. The fraction of sp³-hybridized carbons (Fsp3) is 0.312. The summed E-state index contributed by atoms with van der Waals surface area (Å²) in [5, 5.41) is 10.8. The lowest BCUT2D eigenvalue weighted by atomic mass is 10.1. The van der Waals surface area contributed by atoms with Crippen LogP contribution in [0.25, 0.3) is 0 Å². The smallest absolute Gasteiger partial charge is 0.289 e. The molecule has 1 aliphatic rings. The summed E-state index contributed by atoms with van der Waals surface area (Å²) in [4.78, 5) is 26.7. The first-order chi connectivity index (χ1) is 11.5. The predicted octanol–water partition coefficient (Wildman–Crippen LogP) is 2.91. The van der Waals surface area contributed by atoms with Gasteiger partial charge in [0.05, 0.1) is 4.92 Å². The van der Waals surface area contributed by atoms with Gasteiger partial charge in [0.2, 0.25) is 0 Å². The van der Waals surface area contributed by atoms with Crippen LogP contribution in [0.4, 0.5) is 5.69 Å². The van der Waals surface area contributed by atoms with E-state index in [-0.39, 0.29) is 16.5 Å². The van der Waals surface area contributed by atoms with E-state index in [2.05, 4.69) is 20.8 Å². The van der Waals surface area contributed by atoms with Crippen molar-refractivity contribution in [2.75, 3.05) is 26.2 Å². The Hall–Kier alpha value is -2.19. The SMILES string of the molecule is O=C(c1ccc(Br)o1)N1CCN(Cc2cccc([N+](=O)[O-])c2)CC1. The number of piperazine rings is 1. The first-order valence-electron chi connectivity index (χ1n) is 7.53. The quantitative estimate of drug-likeness (QED) is 0.589. The molecule has 7 nitrogen and oxygen atoms in total. The van der Waals surface area contributed by atoms with E-state index in [0.29, 0.717) is 30.1 Å². The van der Waals surface area contributed by atoms with E-state index in [9.17, 15) is 14.9 Å². The van der Waals surface area contributed by atoms with Crippen LogP contribution < -0.4 is 0 Å². The number of halogens is 1. The zero-order valence-corrected chi connectivity index (χ0v) is 14.4. The van der Waals surface area contributed by atoms with Gasteiger partial charge < -0.3 is 9.32 Å². The number of nitro benzene ring substituents is 1. The molecular formula is C16H16BrN3O4. The molecule has 0 aliphatic carbocycles. The number of benzene rings is 1. The second-order valence-corrected chi connectivity index (χ2v) is 6.38. The van der Waals surface area contributed by atoms with Crippen LogP contribution in [0.2, 0.25) is 0 Å². The Bertz CT molecular complexity index is 753. The van der Waals surface area contributed by atoms with E-state index in [1.54, 1.807) is 29.2 Å². The summed E-state index contributed by atoms with van der Waals surface area (Å²) in [6.07, 6.45) is 0. The molecular weight excluding hydrogens is 378 g/mol. The van der Waals surface area contributed by atoms with Gasteiger partial charge >= 0.3 is 0 Å². The number of carbonyl (C=O) groups is 1. The average Bonchev–Trinajstić information content (AvgIpc) is 3.01. The molecule has 2 heterocycles. The molecule has 1 aromatic heterocycles. The lowest BCUT2D eigenvalue weighted by Crippen LogP contribution is -2.48. The van der Waals surface area contributed by atoms with Gasteiger partial charge in [0.15, 0.2) is 10.4 Å². The lowest BCUT2D eigenvalue weighted by molar-refractivity contribution is -0.384. The third kappa shape index (κ3) is 3.82. The second-order valence-electron chi connectivity index (χ2n) is 5.60. The number of rotatable bonds is 4. The van der Waals surface area contributed by atoms with Gasteiger partial charge in [-0.25, -0.2) is 0 Å². The number of nitrogens with zero attached hydrogens (tertiary/aromatic N) is 3. The largest absolute Gasteiger partial charge is 0.444 e. The monoisotopic (exact) mass is 393 g/mol. The fourth-order valence-corrected chi connectivity index (χ4v) is 3.03. The molecule has 1 aromatic carbocycles. The Balaban J connectivity index is 1.56. The van der Waals surface area contributed by atoms with Crippen LogP contribution >= 0.6 is 15.9 Å². The number of carbonyl (C=O) groups excluding carboxylic acids is 1. The minimum Gasteiger partial charge on any atom is -0.444 e. The van der Waals surface area contributed by atoms with Crippen molar-refractivity contribution in [3.05, 3.63) is 62.5 Å². The highest BCUT2D eigenvalue weighted by atomic mass is 79.9. The third-order valence-electron chi connectivity index (χ3n) is 3.97. The maximum absolute atomic E-state index is 12.3. The molecule has 0 spiro atoms. The zero-order chi connectivity index (χ0) is 17.1. The maximum atomic E-state index is 12.3. The van der Waals surface area contributed by atoms with Gasteiger partial charge in [-0.2, -0.15) is 0 Å². The van der Waals surface area contributed by atoms with Gasteiger partial charge in [-0.05, 0) is 33.6 Å². The standard InChI is InChI=1S/C16H16BrN3O4/c17-15-5-4-14(24-15)16(21)19-8-6-18(7-9-19)11-12-2-1-3-13(10-12)20(22)23/h1-5,10H,6-9,11H2. The highest BCUT2D eigenvalue weighted by molar-refractivity contribution is 9.10. The molecule has 3 rings (SSSR count). The number of hydrogen-bond acceptors (Lipinski definition) is 5. The lowest BCUT2D eigenvalue weighted by Gasteiger charge is -2.34. The molecule has 1 aliphatic heterocycles. The molecule has 0 N–H and O–H groups in total. The number of hydrogen-bond donors (Lipinski definition) is 0.